The van der Waals surface area contributed by atoms with E-state index in [9.17, 15) is 14.9 Å². The molecule has 0 aliphatic heterocycles. The predicted molar refractivity (Wildman–Crippen MR) is 103 cm³/mol. The van der Waals surface area contributed by atoms with Crippen LogP contribution in [0.1, 0.15) is 38.6 Å². The summed E-state index contributed by atoms with van der Waals surface area (Å²) < 4.78 is 3.35. The largest absolute Gasteiger partial charge is 0.348 e. The zero-order chi connectivity index (χ0) is 20.4. The maximum Gasteiger partial charge on any atom is 0.312 e. The van der Waals surface area contributed by atoms with Crippen molar-refractivity contribution in [3.05, 3.63) is 74.3 Å². The summed E-state index contributed by atoms with van der Waals surface area (Å²) in [4.78, 5) is 23.2. The number of benzene rings is 1. The van der Waals surface area contributed by atoms with Crippen molar-refractivity contribution in [2.45, 2.75) is 33.9 Å². The first-order valence-corrected chi connectivity index (χ1v) is 8.81. The SMILES string of the molecule is Cc1nn(Cc2cccc(C(=O)NCc3cnn(C)c3C)c2)c(C)c1[N+](=O)[O-]. The Bertz CT molecular complexity index is 1050. The molecule has 0 bridgehead atoms. The number of nitro groups is 1. The van der Waals surface area contributed by atoms with Gasteiger partial charge in [-0.2, -0.15) is 10.2 Å². The third-order valence-corrected chi connectivity index (χ3v) is 4.82. The fourth-order valence-electron chi connectivity index (χ4n) is 3.08. The average Bonchev–Trinajstić information content (AvgIpc) is 3.12. The van der Waals surface area contributed by atoms with Gasteiger partial charge in [-0.05, 0) is 38.5 Å². The van der Waals surface area contributed by atoms with Crippen LogP contribution in [-0.2, 0) is 20.1 Å². The van der Waals surface area contributed by atoms with Crippen LogP contribution in [0.4, 0.5) is 5.69 Å². The molecule has 0 aliphatic carbocycles. The van der Waals surface area contributed by atoms with Crippen molar-refractivity contribution in [3.8, 4) is 0 Å². The lowest BCUT2D eigenvalue weighted by atomic mass is 10.1. The van der Waals surface area contributed by atoms with E-state index in [-0.39, 0.29) is 11.6 Å². The molecule has 0 spiro atoms. The van der Waals surface area contributed by atoms with E-state index in [2.05, 4.69) is 15.5 Å². The molecule has 9 heteroatoms. The number of aryl methyl sites for hydroxylation is 2. The van der Waals surface area contributed by atoms with Gasteiger partial charge in [0.15, 0.2) is 0 Å². The molecule has 2 aromatic heterocycles. The summed E-state index contributed by atoms with van der Waals surface area (Å²) in [6.45, 7) is 5.98. The number of carbonyl (C=O) groups excluding carboxylic acids is 1. The molecule has 0 fully saturated rings. The highest BCUT2D eigenvalue weighted by Crippen LogP contribution is 2.22. The molecule has 0 saturated carbocycles. The Morgan fingerprint density at radius 2 is 2.00 bits per heavy atom. The van der Waals surface area contributed by atoms with Crippen molar-refractivity contribution in [1.29, 1.82) is 0 Å². The highest BCUT2D eigenvalue weighted by molar-refractivity contribution is 5.94. The van der Waals surface area contributed by atoms with Gasteiger partial charge in [-0.3, -0.25) is 24.3 Å². The summed E-state index contributed by atoms with van der Waals surface area (Å²) in [5.41, 5.74) is 4.22. The van der Waals surface area contributed by atoms with Crippen LogP contribution in [-0.4, -0.2) is 30.4 Å². The molecule has 2 heterocycles. The average molecular weight is 382 g/mol. The summed E-state index contributed by atoms with van der Waals surface area (Å²) in [6.07, 6.45) is 1.74. The summed E-state index contributed by atoms with van der Waals surface area (Å²) in [5.74, 6) is -0.190. The maximum atomic E-state index is 12.5. The van der Waals surface area contributed by atoms with Gasteiger partial charge in [0.1, 0.15) is 11.4 Å². The van der Waals surface area contributed by atoms with Crippen LogP contribution in [0.15, 0.2) is 30.5 Å². The van der Waals surface area contributed by atoms with E-state index < -0.39 is 4.92 Å². The molecule has 28 heavy (non-hydrogen) atoms. The number of nitrogens with one attached hydrogen (secondary N) is 1. The van der Waals surface area contributed by atoms with Crippen molar-refractivity contribution in [1.82, 2.24) is 24.9 Å². The molecule has 0 atom stereocenters. The molecule has 1 aromatic carbocycles. The fraction of sp³-hybridized carbons (Fsp3) is 0.316. The summed E-state index contributed by atoms with van der Waals surface area (Å²) in [6, 6.07) is 7.16. The summed E-state index contributed by atoms with van der Waals surface area (Å²) in [7, 11) is 1.85. The lowest BCUT2D eigenvalue weighted by molar-refractivity contribution is -0.386. The van der Waals surface area contributed by atoms with E-state index in [1.165, 1.54) is 0 Å². The van der Waals surface area contributed by atoms with Gasteiger partial charge in [0.05, 0.1) is 17.7 Å². The third kappa shape index (κ3) is 3.78. The lowest BCUT2D eigenvalue weighted by Crippen LogP contribution is -2.23. The van der Waals surface area contributed by atoms with E-state index in [0.29, 0.717) is 30.0 Å². The zero-order valence-corrected chi connectivity index (χ0v) is 16.3. The molecule has 146 valence electrons. The molecule has 3 aromatic rings. The first-order chi connectivity index (χ1) is 13.3. The molecule has 0 radical (unpaired) electrons. The molecule has 3 rings (SSSR count). The Morgan fingerprint density at radius 3 is 2.61 bits per heavy atom. The van der Waals surface area contributed by atoms with Gasteiger partial charge in [-0.15, -0.1) is 0 Å². The standard InChI is InChI=1S/C19H22N6O3/c1-12-18(25(27)28)14(3)24(22-12)11-15-6-5-7-16(8-15)19(26)20-9-17-10-21-23(4)13(17)2/h5-8,10H,9,11H2,1-4H3,(H,20,26). The van der Waals surface area contributed by atoms with Crippen LogP contribution >= 0.6 is 0 Å². The van der Waals surface area contributed by atoms with E-state index in [0.717, 1.165) is 16.8 Å². The Hall–Kier alpha value is -3.49. The van der Waals surface area contributed by atoms with Crippen molar-refractivity contribution >= 4 is 11.6 Å². The monoisotopic (exact) mass is 382 g/mol. The van der Waals surface area contributed by atoms with Crippen molar-refractivity contribution in [2.24, 2.45) is 7.05 Å². The van der Waals surface area contributed by atoms with Gasteiger partial charge < -0.3 is 5.32 Å². The number of nitrogens with zero attached hydrogens (tertiary/aromatic N) is 5. The van der Waals surface area contributed by atoms with E-state index in [1.807, 2.05) is 20.0 Å². The van der Waals surface area contributed by atoms with E-state index in [1.54, 1.807) is 47.6 Å². The predicted octanol–water partition coefficient (Wildman–Crippen LogP) is 2.43. The topological polar surface area (TPSA) is 108 Å². The summed E-state index contributed by atoms with van der Waals surface area (Å²) >= 11 is 0. The number of hydrogen-bond donors (Lipinski definition) is 1. The Morgan fingerprint density at radius 1 is 1.25 bits per heavy atom. The first kappa shape index (κ1) is 19.3. The second-order valence-electron chi connectivity index (χ2n) is 6.70. The number of aromatic nitrogens is 4. The van der Waals surface area contributed by atoms with Crippen LogP contribution in [0.5, 0.6) is 0 Å². The highest BCUT2D eigenvalue weighted by Gasteiger charge is 2.21. The summed E-state index contributed by atoms with van der Waals surface area (Å²) in [5, 5.41) is 22.5. The normalized spacial score (nSPS) is 10.9. The molecule has 9 nitrogen and oxygen atoms in total. The molecular weight excluding hydrogens is 360 g/mol. The lowest BCUT2D eigenvalue weighted by Gasteiger charge is -2.08. The van der Waals surface area contributed by atoms with Crippen molar-refractivity contribution in [3.63, 3.8) is 0 Å². The Labute approximate surface area is 162 Å². The smallest absolute Gasteiger partial charge is 0.312 e. The van der Waals surface area contributed by atoms with Crippen LogP contribution in [0.3, 0.4) is 0 Å². The van der Waals surface area contributed by atoms with Crippen LogP contribution in [0, 0.1) is 30.9 Å². The highest BCUT2D eigenvalue weighted by atomic mass is 16.6. The van der Waals surface area contributed by atoms with E-state index in [4.69, 9.17) is 0 Å². The van der Waals surface area contributed by atoms with Gasteiger partial charge >= 0.3 is 5.69 Å². The van der Waals surface area contributed by atoms with Crippen LogP contribution in [0.2, 0.25) is 0 Å². The van der Waals surface area contributed by atoms with Gasteiger partial charge in [0, 0.05) is 30.4 Å². The maximum absolute atomic E-state index is 12.5. The zero-order valence-electron chi connectivity index (χ0n) is 16.3. The van der Waals surface area contributed by atoms with E-state index >= 15 is 0 Å². The van der Waals surface area contributed by atoms with Crippen molar-refractivity contribution < 1.29 is 9.72 Å². The van der Waals surface area contributed by atoms with Crippen LogP contribution < -0.4 is 5.32 Å². The molecule has 1 N–H and O–H groups in total. The molecule has 0 unspecified atom stereocenters. The molecule has 1 amide bonds. The third-order valence-electron chi connectivity index (χ3n) is 4.82. The molecule has 0 aliphatic rings. The fourth-order valence-corrected chi connectivity index (χ4v) is 3.08. The quantitative estimate of drug-likeness (QED) is 0.520. The van der Waals surface area contributed by atoms with Gasteiger partial charge in [0.2, 0.25) is 0 Å². The number of rotatable bonds is 6. The van der Waals surface area contributed by atoms with Gasteiger partial charge in [-0.1, -0.05) is 12.1 Å². The minimum absolute atomic E-state index is 0.0285. The number of carbonyl (C=O) groups is 1. The second kappa shape index (κ2) is 7.63. The minimum Gasteiger partial charge on any atom is -0.348 e. The number of hydrogen-bond acceptors (Lipinski definition) is 5. The molecular formula is C19H22N6O3. The van der Waals surface area contributed by atoms with Crippen molar-refractivity contribution in [2.75, 3.05) is 0 Å². The number of amides is 1. The minimum atomic E-state index is -0.418. The first-order valence-electron chi connectivity index (χ1n) is 8.81. The van der Waals surface area contributed by atoms with Gasteiger partial charge in [-0.25, -0.2) is 0 Å². The second-order valence-corrected chi connectivity index (χ2v) is 6.70. The molecule has 0 saturated heterocycles. The Balaban J connectivity index is 1.73. The van der Waals surface area contributed by atoms with Crippen LogP contribution in [0.25, 0.3) is 0 Å². The van der Waals surface area contributed by atoms with Gasteiger partial charge in [0.25, 0.3) is 5.91 Å². The Kier molecular flexibility index (Phi) is 5.25.